The van der Waals surface area contributed by atoms with E-state index in [4.69, 9.17) is 14.2 Å². The number of ether oxygens (including phenoxy) is 3. The molecule has 2 heterocycles. The summed E-state index contributed by atoms with van der Waals surface area (Å²) in [4.78, 5) is 2.60. The maximum absolute atomic E-state index is 13.3. The molecule has 1 fully saturated rings. The summed E-state index contributed by atoms with van der Waals surface area (Å²) in [7, 11) is -3.56. The first-order valence-electron chi connectivity index (χ1n) is 10.2. The smallest absolute Gasteiger partial charge is 0.243 e. The van der Waals surface area contributed by atoms with Gasteiger partial charge in [-0.25, -0.2) is 8.42 Å². The van der Waals surface area contributed by atoms with Crippen molar-refractivity contribution in [3.63, 3.8) is 0 Å². The lowest BCUT2D eigenvalue weighted by Crippen LogP contribution is -2.48. The summed E-state index contributed by atoms with van der Waals surface area (Å²) >= 11 is 0. The number of fused-ring (bicyclic) bond motifs is 1. The summed E-state index contributed by atoms with van der Waals surface area (Å²) in [5.74, 6) is 2.17. The van der Waals surface area contributed by atoms with E-state index < -0.39 is 10.0 Å². The Labute approximate surface area is 178 Å². The van der Waals surface area contributed by atoms with Gasteiger partial charge in [0, 0.05) is 38.8 Å². The molecule has 0 spiro atoms. The van der Waals surface area contributed by atoms with Gasteiger partial charge in [0.05, 0.1) is 11.5 Å². The van der Waals surface area contributed by atoms with Crippen LogP contribution in [-0.4, -0.2) is 57.2 Å². The van der Waals surface area contributed by atoms with Gasteiger partial charge in [0.25, 0.3) is 0 Å². The highest BCUT2D eigenvalue weighted by Crippen LogP contribution is 2.33. The zero-order valence-corrected chi connectivity index (χ0v) is 18.5. The summed E-state index contributed by atoms with van der Waals surface area (Å²) in [6, 6.07) is 9.50. The molecule has 0 N–H and O–H groups in total. The molecule has 1 saturated heterocycles. The largest absolute Gasteiger partial charge is 0.494 e. The van der Waals surface area contributed by atoms with Crippen molar-refractivity contribution in [1.29, 1.82) is 0 Å². The number of rotatable bonds is 6. The number of hydrogen-bond donors (Lipinski definition) is 0. The standard InChI is InChI=1S/C22H28N2O5S/c1-4-27-20-13-22(17(3)11-16(20)2)30(25,26)24-9-7-23(8-10-24)14-18-5-6-19-21(12-18)29-15-28-19/h5-6,11-13H,4,7-10,14-15H2,1-3H3. The molecule has 30 heavy (non-hydrogen) atoms. The van der Waals surface area contributed by atoms with Crippen molar-refractivity contribution in [2.24, 2.45) is 0 Å². The van der Waals surface area contributed by atoms with Crippen LogP contribution in [0.1, 0.15) is 23.6 Å². The van der Waals surface area contributed by atoms with Crippen molar-refractivity contribution in [2.45, 2.75) is 32.2 Å². The van der Waals surface area contributed by atoms with Gasteiger partial charge < -0.3 is 14.2 Å². The van der Waals surface area contributed by atoms with E-state index in [-0.39, 0.29) is 6.79 Å². The maximum Gasteiger partial charge on any atom is 0.243 e. The lowest BCUT2D eigenvalue weighted by molar-refractivity contribution is 0.173. The molecular weight excluding hydrogens is 404 g/mol. The number of benzene rings is 2. The van der Waals surface area contributed by atoms with Crippen LogP contribution in [0.5, 0.6) is 17.2 Å². The Balaban J connectivity index is 1.44. The number of piperazine rings is 1. The second-order valence-electron chi connectivity index (χ2n) is 7.68. The van der Waals surface area contributed by atoms with Crippen LogP contribution < -0.4 is 14.2 Å². The van der Waals surface area contributed by atoms with Crippen molar-refractivity contribution in [2.75, 3.05) is 39.6 Å². The first-order chi connectivity index (χ1) is 14.4. The Morgan fingerprint density at radius 1 is 0.967 bits per heavy atom. The molecule has 2 aromatic carbocycles. The van der Waals surface area contributed by atoms with Gasteiger partial charge in [0.1, 0.15) is 5.75 Å². The third kappa shape index (κ3) is 4.12. The minimum Gasteiger partial charge on any atom is -0.494 e. The van der Waals surface area contributed by atoms with Crippen molar-refractivity contribution >= 4 is 10.0 Å². The quantitative estimate of drug-likeness (QED) is 0.699. The van der Waals surface area contributed by atoms with E-state index >= 15 is 0 Å². The maximum atomic E-state index is 13.3. The summed E-state index contributed by atoms with van der Waals surface area (Å²) < 4.78 is 44.6. The molecule has 0 atom stereocenters. The molecule has 0 saturated carbocycles. The molecule has 7 nitrogen and oxygen atoms in total. The van der Waals surface area contributed by atoms with E-state index in [0.717, 1.165) is 34.7 Å². The van der Waals surface area contributed by atoms with Gasteiger partial charge in [-0.05, 0) is 49.6 Å². The van der Waals surface area contributed by atoms with Crippen LogP contribution in [0.2, 0.25) is 0 Å². The van der Waals surface area contributed by atoms with Crippen LogP contribution in [0, 0.1) is 13.8 Å². The highest BCUT2D eigenvalue weighted by atomic mass is 32.2. The van der Waals surface area contributed by atoms with Crippen molar-refractivity contribution in [1.82, 2.24) is 9.21 Å². The van der Waals surface area contributed by atoms with Gasteiger partial charge in [0.15, 0.2) is 11.5 Å². The second-order valence-corrected chi connectivity index (χ2v) is 9.59. The van der Waals surface area contributed by atoms with E-state index in [1.165, 1.54) is 0 Å². The molecule has 2 aromatic rings. The van der Waals surface area contributed by atoms with E-state index in [9.17, 15) is 8.42 Å². The van der Waals surface area contributed by atoms with Crippen molar-refractivity contribution in [3.05, 3.63) is 47.0 Å². The Hall–Kier alpha value is -2.29. The van der Waals surface area contributed by atoms with Gasteiger partial charge in [-0.3, -0.25) is 4.90 Å². The Morgan fingerprint density at radius 2 is 1.70 bits per heavy atom. The van der Waals surface area contributed by atoms with Crippen LogP contribution in [0.15, 0.2) is 35.2 Å². The summed E-state index contributed by atoms with van der Waals surface area (Å²) in [6.07, 6.45) is 0. The fraction of sp³-hybridized carbons (Fsp3) is 0.455. The number of sulfonamides is 1. The molecule has 162 valence electrons. The van der Waals surface area contributed by atoms with Crippen LogP contribution in [-0.2, 0) is 16.6 Å². The molecule has 2 aliphatic heterocycles. The molecule has 0 unspecified atom stereocenters. The van der Waals surface area contributed by atoms with E-state index in [2.05, 4.69) is 4.90 Å². The lowest BCUT2D eigenvalue weighted by atomic mass is 10.1. The Bertz CT molecular complexity index is 1030. The molecule has 0 aromatic heterocycles. The van der Waals surface area contributed by atoms with Crippen LogP contribution in [0.25, 0.3) is 0 Å². The van der Waals surface area contributed by atoms with Crippen LogP contribution >= 0.6 is 0 Å². The Kier molecular flexibility index (Phi) is 5.90. The molecule has 0 aliphatic carbocycles. The minimum absolute atomic E-state index is 0.263. The van der Waals surface area contributed by atoms with Gasteiger partial charge in [0.2, 0.25) is 16.8 Å². The molecule has 8 heteroatoms. The number of nitrogens with zero attached hydrogens (tertiary/aromatic N) is 2. The van der Waals surface area contributed by atoms with E-state index in [1.807, 2.05) is 45.0 Å². The number of aryl methyl sites for hydroxylation is 2. The molecule has 0 amide bonds. The monoisotopic (exact) mass is 432 g/mol. The Morgan fingerprint density at radius 3 is 2.43 bits per heavy atom. The summed E-state index contributed by atoms with van der Waals surface area (Å²) in [5, 5.41) is 0. The molecule has 4 rings (SSSR count). The molecule has 0 radical (unpaired) electrons. The molecular formula is C22H28N2O5S. The van der Waals surface area contributed by atoms with Crippen LogP contribution in [0.3, 0.4) is 0 Å². The summed E-state index contributed by atoms with van der Waals surface area (Å²) in [5.41, 5.74) is 2.83. The average molecular weight is 433 g/mol. The predicted molar refractivity (Wildman–Crippen MR) is 114 cm³/mol. The molecule has 0 bridgehead atoms. The van der Waals surface area contributed by atoms with E-state index in [0.29, 0.717) is 43.4 Å². The second kappa shape index (κ2) is 8.45. The number of hydrogen-bond acceptors (Lipinski definition) is 6. The minimum atomic E-state index is -3.56. The zero-order chi connectivity index (χ0) is 21.3. The third-order valence-electron chi connectivity index (χ3n) is 5.56. The lowest BCUT2D eigenvalue weighted by Gasteiger charge is -2.34. The van der Waals surface area contributed by atoms with Gasteiger partial charge >= 0.3 is 0 Å². The van der Waals surface area contributed by atoms with Gasteiger partial charge in [-0.1, -0.05) is 12.1 Å². The van der Waals surface area contributed by atoms with Crippen molar-refractivity contribution in [3.8, 4) is 17.2 Å². The van der Waals surface area contributed by atoms with Crippen molar-refractivity contribution < 1.29 is 22.6 Å². The molecule has 2 aliphatic rings. The fourth-order valence-corrected chi connectivity index (χ4v) is 5.61. The topological polar surface area (TPSA) is 68.3 Å². The van der Waals surface area contributed by atoms with Gasteiger partial charge in [-0.2, -0.15) is 4.31 Å². The van der Waals surface area contributed by atoms with Gasteiger partial charge in [-0.15, -0.1) is 0 Å². The normalized spacial score (nSPS) is 17.3. The first-order valence-corrected chi connectivity index (χ1v) is 11.7. The highest BCUT2D eigenvalue weighted by molar-refractivity contribution is 7.89. The highest BCUT2D eigenvalue weighted by Gasteiger charge is 2.30. The SMILES string of the molecule is CCOc1cc(S(=O)(=O)N2CCN(Cc3ccc4c(c3)OCO4)CC2)c(C)cc1C. The first kappa shape index (κ1) is 21.0. The fourth-order valence-electron chi connectivity index (χ4n) is 3.97. The van der Waals surface area contributed by atoms with E-state index in [1.54, 1.807) is 10.4 Å². The summed E-state index contributed by atoms with van der Waals surface area (Å²) in [6.45, 7) is 9.47. The predicted octanol–water partition coefficient (Wildman–Crippen LogP) is 2.94. The third-order valence-corrected chi connectivity index (χ3v) is 7.61. The zero-order valence-electron chi connectivity index (χ0n) is 17.7. The van der Waals surface area contributed by atoms with Crippen LogP contribution in [0.4, 0.5) is 0 Å². The average Bonchev–Trinajstić information content (AvgIpc) is 3.18.